The van der Waals surface area contributed by atoms with Gasteiger partial charge < -0.3 is 15.1 Å². The molecular formula is C15H26N4O. The lowest BCUT2D eigenvalue weighted by Gasteiger charge is -2.18. The fraction of sp³-hybridized carbons (Fsp3) is 0.600. The predicted octanol–water partition coefficient (Wildman–Crippen LogP) is 1.61. The minimum atomic E-state index is -0.0422. The molecule has 0 unspecified atom stereocenters. The van der Waals surface area contributed by atoms with Crippen LogP contribution < -0.4 is 10.2 Å². The molecule has 1 amide bonds. The average Bonchev–Trinajstić information content (AvgIpc) is 2.44. The molecule has 1 heterocycles. The quantitative estimate of drug-likeness (QED) is 0.785. The highest BCUT2D eigenvalue weighted by atomic mass is 16.1. The van der Waals surface area contributed by atoms with Crippen LogP contribution in [0.1, 0.15) is 30.1 Å². The van der Waals surface area contributed by atoms with E-state index in [2.05, 4.69) is 22.1 Å². The molecule has 20 heavy (non-hydrogen) atoms. The van der Waals surface area contributed by atoms with Crippen LogP contribution in [-0.2, 0) is 0 Å². The Kier molecular flexibility index (Phi) is 7.01. The molecule has 1 rings (SSSR count). The first-order valence-electron chi connectivity index (χ1n) is 7.14. The average molecular weight is 278 g/mol. The molecule has 0 radical (unpaired) electrons. The number of pyridine rings is 1. The standard InChI is InChI=1S/C15H26N4O/c1-5-6-10-19(4)14-12-13(7-8-16-14)15(20)17-9-11-18(2)3/h7-8,12H,5-6,9-11H2,1-4H3,(H,17,20). The van der Waals surface area contributed by atoms with Crippen LogP contribution in [0.5, 0.6) is 0 Å². The molecule has 0 fully saturated rings. The highest BCUT2D eigenvalue weighted by molar-refractivity contribution is 5.94. The smallest absolute Gasteiger partial charge is 0.251 e. The van der Waals surface area contributed by atoms with E-state index in [0.29, 0.717) is 12.1 Å². The summed E-state index contributed by atoms with van der Waals surface area (Å²) in [6.07, 6.45) is 3.96. The number of unbranched alkanes of at least 4 members (excludes halogenated alkanes) is 1. The molecule has 0 aliphatic carbocycles. The number of likely N-dealkylation sites (N-methyl/N-ethyl adjacent to an activating group) is 1. The third-order valence-electron chi connectivity index (χ3n) is 3.09. The van der Waals surface area contributed by atoms with E-state index in [9.17, 15) is 4.79 Å². The molecule has 0 aliphatic heterocycles. The van der Waals surface area contributed by atoms with Gasteiger partial charge in [-0.15, -0.1) is 0 Å². The zero-order chi connectivity index (χ0) is 15.0. The van der Waals surface area contributed by atoms with Crippen molar-refractivity contribution >= 4 is 11.7 Å². The number of rotatable bonds is 8. The Morgan fingerprint density at radius 2 is 2.05 bits per heavy atom. The summed E-state index contributed by atoms with van der Waals surface area (Å²) in [4.78, 5) is 20.5. The van der Waals surface area contributed by atoms with Crippen LogP contribution in [0.2, 0.25) is 0 Å². The Labute approximate surface area is 122 Å². The summed E-state index contributed by atoms with van der Waals surface area (Å²) in [6, 6.07) is 3.60. The molecule has 5 nitrogen and oxygen atoms in total. The van der Waals surface area contributed by atoms with Crippen molar-refractivity contribution in [2.75, 3.05) is 45.7 Å². The molecule has 0 saturated heterocycles. The lowest BCUT2D eigenvalue weighted by molar-refractivity contribution is 0.0951. The summed E-state index contributed by atoms with van der Waals surface area (Å²) in [5.41, 5.74) is 0.664. The van der Waals surface area contributed by atoms with Crippen LogP contribution in [0.15, 0.2) is 18.3 Å². The van der Waals surface area contributed by atoms with Gasteiger partial charge in [0, 0.05) is 38.4 Å². The van der Waals surface area contributed by atoms with E-state index >= 15 is 0 Å². The van der Waals surface area contributed by atoms with Gasteiger partial charge in [0.2, 0.25) is 0 Å². The van der Waals surface area contributed by atoms with E-state index in [4.69, 9.17) is 0 Å². The van der Waals surface area contributed by atoms with Crippen LogP contribution in [-0.4, -0.2) is 56.6 Å². The summed E-state index contributed by atoms with van der Waals surface area (Å²) in [7, 11) is 5.98. The van der Waals surface area contributed by atoms with Crippen LogP contribution in [0, 0.1) is 0 Å². The maximum absolute atomic E-state index is 12.0. The zero-order valence-corrected chi connectivity index (χ0v) is 13.0. The fourth-order valence-corrected chi connectivity index (χ4v) is 1.77. The molecule has 0 saturated carbocycles. The maximum Gasteiger partial charge on any atom is 0.251 e. The van der Waals surface area contributed by atoms with Gasteiger partial charge >= 0.3 is 0 Å². The van der Waals surface area contributed by atoms with E-state index in [1.165, 1.54) is 0 Å². The fourth-order valence-electron chi connectivity index (χ4n) is 1.77. The highest BCUT2D eigenvalue weighted by Crippen LogP contribution is 2.11. The van der Waals surface area contributed by atoms with Crippen LogP contribution in [0.3, 0.4) is 0 Å². The summed E-state index contributed by atoms with van der Waals surface area (Å²) < 4.78 is 0. The van der Waals surface area contributed by atoms with Gasteiger partial charge in [-0.05, 0) is 32.6 Å². The first kappa shape index (κ1) is 16.4. The summed E-state index contributed by atoms with van der Waals surface area (Å²) in [5.74, 6) is 0.804. The van der Waals surface area contributed by atoms with Crippen molar-refractivity contribution in [3.8, 4) is 0 Å². The second kappa shape index (κ2) is 8.53. The second-order valence-corrected chi connectivity index (χ2v) is 5.24. The molecule has 1 aromatic heterocycles. The van der Waals surface area contributed by atoms with Crippen molar-refractivity contribution in [3.63, 3.8) is 0 Å². The number of hydrogen-bond acceptors (Lipinski definition) is 4. The monoisotopic (exact) mass is 278 g/mol. The molecular weight excluding hydrogens is 252 g/mol. The van der Waals surface area contributed by atoms with E-state index in [1.54, 1.807) is 12.3 Å². The Bertz CT molecular complexity index is 420. The van der Waals surface area contributed by atoms with Gasteiger partial charge in [0.15, 0.2) is 0 Å². The summed E-state index contributed by atoms with van der Waals surface area (Å²) >= 11 is 0. The molecule has 0 atom stereocenters. The van der Waals surface area contributed by atoms with Gasteiger partial charge in [-0.3, -0.25) is 4.79 Å². The van der Waals surface area contributed by atoms with Crippen LogP contribution in [0.25, 0.3) is 0 Å². The predicted molar refractivity (Wildman–Crippen MR) is 83.3 cm³/mol. The Balaban J connectivity index is 2.60. The number of carbonyl (C=O) groups excluding carboxylic acids is 1. The van der Waals surface area contributed by atoms with Crippen molar-refractivity contribution in [3.05, 3.63) is 23.9 Å². The summed E-state index contributed by atoms with van der Waals surface area (Å²) in [5, 5.41) is 2.91. The Morgan fingerprint density at radius 3 is 2.70 bits per heavy atom. The minimum absolute atomic E-state index is 0.0422. The molecule has 0 aromatic carbocycles. The van der Waals surface area contributed by atoms with Crippen molar-refractivity contribution in [1.29, 1.82) is 0 Å². The first-order chi connectivity index (χ1) is 9.54. The number of hydrogen-bond donors (Lipinski definition) is 1. The van der Waals surface area contributed by atoms with E-state index in [-0.39, 0.29) is 5.91 Å². The molecule has 0 aliphatic rings. The van der Waals surface area contributed by atoms with Crippen LogP contribution in [0.4, 0.5) is 5.82 Å². The Morgan fingerprint density at radius 1 is 1.30 bits per heavy atom. The number of aromatic nitrogens is 1. The molecule has 1 N–H and O–H groups in total. The minimum Gasteiger partial charge on any atom is -0.360 e. The maximum atomic E-state index is 12.0. The topological polar surface area (TPSA) is 48.5 Å². The molecule has 0 bridgehead atoms. The van der Waals surface area contributed by atoms with Crippen molar-refractivity contribution in [1.82, 2.24) is 15.2 Å². The number of nitrogens with one attached hydrogen (secondary N) is 1. The molecule has 112 valence electrons. The number of nitrogens with zero attached hydrogens (tertiary/aromatic N) is 3. The third kappa shape index (κ3) is 5.57. The van der Waals surface area contributed by atoms with E-state index < -0.39 is 0 Å². The lowest BCUT2D eigenvalue weighted by atomic mass is 10.2. The number of anilines is 1. The third-order valence-corrected chi connectivity index (χ3v) is 3.09. The van der Waals surface area contributed by atoms with Gasteiger partial charge in [-0.25, -0.2) is 4.98 Å². The van der Waals surface area contributed by atoms with Crippen molar-refractivity contribution in [2.24, 2.45) is 0 Å². The summed E-state index contributed by atoms with van der Waals surface area (Å²) in [6.45, 7) is 4.60. The largest absolute Gasteiger partial charge is 0.360 e. The van der Waals surface area contributed by atoms with E-state index in [1.807, 2.05) is 32.1 Å². The first-order valence-corrected chi connectivity index (χ1v) is 7.14. The van der Waals surface area contributed by atoms with Gasteiger partial charge in [-0.1, -0.05) is 13.3 Å². The van der Waals surface area contributed by atoms with Gasteiger partial charge in [0.05, 0.1) is 0 Å². The van der Waals surface area contributed by atoms with Crippen molar-refractivity contribution < 1.29 is 4.79 Å². The number of amides is 1. The van der Waals surface area contributed by atoms with Crippen LogP contribution >= 0.6 is 0 Å². The number of carbonyl (C=O) groups is 1. The zero-order valence-electron chi connectivity index (χ0n) is 13.0. The van der Waals surface area contributed by atoms with E-state index in [0.717, 1.165) is 31.7 Å². The second-order valence-electron chi connectivity index (χ2n) is 5.24. The lowest BCUT2D eigenvalue weighted by Crippen LogP contribution is -2.31. The highest BCUT2D eigenvalue weighted by Gasteiger charge is 2.08. The van der Waals surface area contributed by atoms with Crippen molar-refractivity contribution in [2.45, 2.75) is 19.8 Å². The SMILES string of the molecule is CCCCN(C)c1cc(C(=O)NCCN(C)C)ccn1. The normalized spacial score (nSPS) is 10.7. The van der Waals surface area contributed by atoms with Gasteiger partial charge in [-0.2, -0.15) is 0 Å². The molecule has 5 heteroatoms. The Hall–Kier alpha value is -1.62. The molecule has 1 aromatic rings. The van der Waals surface area contributed by atoms with Gasteiger partial charge in [0.25, 0.3) is 5.91 Å². The molecule has 0 spiro atoms. The van der Waals surface area contributed by atoms with Gasteiger partial charge in [0.1, 0.15) is 5.82 Å².